The van der Waals surface area contributed by atoms with E-state index in [9.17, 15) is 15.2 Å². The summed E-state index contributed by atoms with van der Waals surface area (Å²) in [5.74, 6) is -0.715. The van der Waals surface area contributed by atoms with Gasteiger partial charge in [0.25, 0.3) is 0 Å². The van der Waals surface area contributed by atoms with E-state index in [1.807, 2.05) is 31.2 Å². The predicted octanol–water partition coefficient (Wildman–Crippen LogP) is 2.23. The normalized spacial score (nSPS) is 19.1. The number of rotatable bonds is 5. The van der Waals surface area contributed by atoms with Crippen molar-refractivity contribution in [2.24, 2.45) is 5.73 Å². The van der Waals surface area contributed by atoms with Crippen molar-refractivity contribution < 1.29 is 14.6 Å². The van der Waals surface area contributed by atoms with Gasteiger partial charge in [-0.2, -0.15) is 5.26 Å². The number of hydrogen-bond donors (Lipinski definition) is 4. The summed E-state index contributed by atoms with van der Waals surface area (Å²) in [7, 11) is 0. The molecule has 0 saturated carbocycles. The molecule has 0 unspecified atom stereocenters. The van der Waals surface area contributed by atoms with Gasteiger partial charge in [-0.3, -0.25) is 0 Å². The van der Waals surface area contributed by atoms with Crippen molar-refractivity contribution in [1.29, 1.82) is 5.26 Å². The number of carbonyl (C=O) groups is 1. The molecule has 1 aliphatic rings. The summed E-state index contributed by atoms with van der Waals surface area (Å²) in [6.07, 6.45) is 0.700. The van der Waals surface area contributed by atoms with E-state index in [0.717, 1.165) is 5.56 Å². The third-order valence-corrected chi connectivity index (χ3v) is 4.37. The quantitative estimate of drug-likeness (QED) is 0.632. The average Bonchev–Trinajstić information content (AvgIpc) is 2.63. The number of aryl methyl sites for hydroxylation is 1. The Hall–Kier alpha value is -3.15. The first-order valence-electron chi connectivity index (χ1n) is 8.60. The van der Waals surface area contributed by atoms with Crippen LogP contribution in [0.25, 0.3) is 0 Å². The van der Waals surface area contributed by atoms with Gasteiger partial charge < -0.3 is 26.2 Å². The fourth-order valence-electron chi connectivity index (χ4n) is 3.00. The maximum atomic E-state index is 11.7. The number of nitrogens with two attached hydrogens (primary N) is 1. The number of carboxylic acid groups (broad SMARTS) is 1. The van der Waals surface area contributed by atoms with E-state index in [2.05, 4.69) is 15.6 Å². The molecule has 1 aliphatic heterocycles. The maximum Gasteiger partial charge on any atom is 0.340 e. The summed E-state index contributed by atoms with van der Waals surface area (Å²) in [4.78, 5) is 16.1. The Kier molecular flexibility index (Phi) is 5.54. The zero-order chi connectivity index (χ0) is 19.4. The number of hydrogen-bond acceptors (Lipinski definition) is 7. The molecule has 1 saturated heterocycles. The number of pyridine rings is 1. The Morgan fingerprint density at radius 3 is 2.93 bits per heavy atom. The van der Waals surface area contributed by atoms with Gasteiger partial charge in [0.15, 0.2) is 0 Å². The van der Waals surface area contributed by atoms with Crippen LogP contribution in [0.1, 0.15) is 27.9 Å². The zero-order valence-electron chi connectivity index (χ0n) is 14.9. The van der Waals surface area contributed by atoms with Crippen LogP contribution in [0.2, 0.25) is 0 Å². The molecule has 8 nitrogen and oxygen atoms in total. The highest BCUT2D eigenvalue weighted by atomic mass is 16.5. The summed E-state index contributed by atoms with van der Waals surface area (Å²) in [6.45, 7) is 2.95. The monoisotopic (exact) mass is 367 g/mol. The number of nitriles is 1. The molecule has 0 bridgehead atoms. The Morgan fingerprint density at radius 1 is 1.44 bits per heavy atom. The fraction of sp³-hybridized carbons (Fsp3) is 0.316. The summed E-state index contributed by atoms with van der Waals surface area (Å²) < 4.78 is 5.33. The van der Waals surface area contributed by atoms with Gasteiger partial charge in [0, 0.05) is 24.4 Å². The number of aromatic carboxylic acids is 1. The molecule has 1 fully saturated rings. The Labute approximate surface area is 157 Å². The van der Waals surface area contributed by atoms with Crippen LogP contribution in [0.3, 0.4) is 0 Å². The van der Waals surface area contributed by atoms with Crippen LogP contribution in [-0.4, -0.2) is 41.4 Å². The lowest BCUT2D eigenvalue weighted by atomic mass is 10.0. The Balaban J connectivity index is 1.98. The van der Waals surface area contributed by atoms with Crippen molar-refractivity contribution in [1.82, 2.24) is 4.98 Å². The van der Waals surface area contributed by atoms with E-state index >= 15 is 0 Å². The fourth-order valence-corrected chi connectivity index (χ4v) is 3.00. The van der Waals surface area contributed by atoms with Crippen molar-refractivity contribution in [2.45, 2.75) is 25.4 Å². The molecule has 2 aromatic rings. The Bertz CT molecular complexity index is 893. The van der Waals surface area contributed by atoms with E-state index in [0.29, 0.717) is 31.1 Å². The standard InChI is InChI=1S/C19H21N5O3/c1-11-3-2-4-13(7-11)22-18-17(19(25)26)12(9-20)8-16(24-18)23-15-5-6-27-10-14(15)21/h2-4,7-8,14-15H,5-6,10,21H2,1H3,(H,25,26)(H2,22,23,24)/t14-,15+/m0/s1. The molecule has 1 aromatic heterocycles. The highest BCUT2D eigenvalue weighted by Crippen LogP contribution is 2.26. The number of nitrogens with one attached hydrogen (secondary N) is 2. The molecule has 0 aliphatic carbocycles. The molecule has 2 heterocycles. The van der Waals surface area contributed by atoms with Gasteiger partial charge in [0.1, 0.15) is 23.3 Å². The van der Waals surface area contributed by atoms with Crippen molar-refractivity contribution in [3.05, 3.63) is 47.0 Å². The van der Waals surface area contributed by atoms with Crippen molar-refractivity contribution >= 4 is 23.3 Å². The second kappa shape index (κ2) is 8.03. The van der Waals surface area contributed by atoms with Crippen molar-refractivity contribution in [3.63, 3.8) is 0 Å². The molecule has 2 atom stereocenters. The molecule has 8 heteroatoms. The lowest BCUT2D eigenvalue weighted by molar-refractivity contribution is 0.0697. The average molecular weight is 367 g/mol. The molecular formula is C19H21N5O3. The van der Waals surface area contributed by atoms with E-state index in [1.54, 1.807) is 6.07 Å². The largest absolute Gasteiger partial charge is 0.478 e. The molecule has 1 aromatic carbocycles. The van der Waals surface area contributed by atoms with Gasteiger partial charge in [-0.25, -0.2) is 9.78 Å². The van der Waals surface area contributed by atoms with E-state index in [4.69, 9.17) is 10.5 Å². The summed E-state index contributed by atoms with van der Waals surface area (Å²) >= 11 is 0. The number of benzene rings is 1. The lowest BCUT2D eigenvalue weighted by Gasteiger charge is -2.30. The van der Waals surface area contributed by atoms with Gasteiger partial charge >= 0.3 is 5.97 Å². The molecule has 0 radical (unpaired) electrons. The van der Waals surface area contributed by atoms with E-state index in [-0.39, 0.29) is 29.0 Å². The highest BCUT2D eigenvalue weighted by Gasteiger charge is 2.25. The maximum absolute atomic E-state index is 11.7. The smallest absolute Gasteiger partial charge is 0.340 e. The SMILES string of the molecule is Cc1cccc(Nc2nc(N[C@@H]3CCOC[C@@H]3N)cc(C#N)c2C(=O)O)c1. The second-order valence-electron chi connectivity index (χ2n) is 6.47. The second-order valence-corrected chi connectivity index (χ2v) is 6.47. The molecule has 140 valence electrons. The van der Waals surface area contributed by atoms with Gasteiger partial charge in [-0.15, -0.1) is 0 Å². The summed E-state index contributed by atoms with van der Waals surface area (Å²) in [5.41, 5.74) is 7.62. The van der Waals surface area contributed by atoms with E-state index < -0.39 is 5.97 Å². The highest BCUT2D eigenvalue weighted by molar-refractivity contribution is 5.97. The summed E-state index contributed by atoms with van der Waals surface area (Å²) in [5, 5.41) is 25.2. The van der Waals surface area contributed by atoms with Crippen molar-refractivity contribution in [2.75, 3.05) is 23.8 Å². The molecule has 0 spiro atoms. The van der Waals surface area contributed by atoms with Crippen LogP contribution >= 0.6 is 0 Å². The van der Waals surface area contributed by atoms with Crippen LogP contribution in [0.15, 0.2) is 30.3 Å². The van der Waals surface area contributed by atoms with Crippen LogP contribution in [0.5, 0.6) is 0 Å². The van der Waals surface area contributed by atoms with Crippen LogP contribution in [0.4, 0.5) is 17.3 Å². The third-order valence-electron chi connectivity index (χ3n) is 4.37. The first-order chi connectivity index (χ1) is 13.0. The van der Waals surface area contributed by atoms with Gasteiger partial charge in [0.2, 0.25) is 0 Å². The first-order valence-corrected chi connectivity index (χ1v) is 8.60. The van der Waals surface area contributed by atoms with Crippen molar-refractivity contribution in [3.8, 4) is 6.07 Å². The van der Waals surface area contributed by atoms with Gasteiger partial charge in [-0.1, -0.05) is 12.1 Å². The number of carboxylic acids is 1. The van der Waals surface area contributed by atoms with Crippen LogP contribution in [-0.2, 0) is 4.74 Å². The zero-order valence-corrected chi connectivity index (χ0v) is 14.9. The minimum absolute atomic E-state index is 0.0239. The van der Waals surface area contributed by atoms with Crippen LogP contribution < -0.4 is 16.4 Å². The molecule has 27 heavy (non-hydrogen) atoms. The molecule has 5 N–H and O–H groups in total. The minimum atomic E-state index is -1.22. The van der Waals surface area contributed by atoms with Gasteiger partial charge in [0.05, 0.1) is 12.2 Å². The lowest BCUT2D eigenvalue weighted by Crippen LogP contribution is -2.47. The van der Waals surface area contributed by atoms with E-state index in [1.165, 1.54) is 6.07 Å². The molecule has 3 rings (SSSR count). The summed E-state index contributed by atoms with van der Waals surface area (Å²) in [6, 6.07) is 10.6. The first kappa shape index (κ1) is 18.6. The predicted molar refractivity (Wildman–Crippen MR) is 101 cm³/mol. The number of nitrogens with zero attached hydrogens (tertiary/aromatic N) is 2. The number of anilines is 3. The molecule has 0 amide bonds. The number of aromatic nitrogens is 1. The van der Waals surface area contributed by atoms with Gasteiger partial charge in [-0.05, 0) is 37.1 Å². The Morgan fingerprint density at radius 2 is 2.26 bits per heavy atom. The minimum Gasteiger partial charge on any atom is -0.478 e. The number of ether oxygens (including phenoxy) is 1. The topological polar surface area (TPSA) is 133 Å². The van der Waals surface area contributed by atoms with Crippen LogP contribution in [0, 0.1) is 18.3 Å². The molecular weight excluding hydrogens is 346 g/mol. The third kappa shape index (κ3) is 4.34.